The third-order valence-corrected chi connectivity index (χ3v) is 5.54. The van der Waals surface area contributed by atoms with E-state index in [1.165, 1.54) is 12.8 Å². The van der Waals surface area contributed by atoms with Crippen LogP contribution in [0, 0.1) is 6.92 Å². The molecule has 1 aromatic carbocycles. The summed E-state index contributed by atoms with van der Waals surface area (Å²) in [7, 11) is 3.47. The normalized spacial score (nSPS) is 13.7. The molecule has 1 saturated carbocycles. The number of benzene rings is 1. The third kappa shape index (κ3) is 4.22. The molecule has 0 amide bonds. The summed E-state index contributed by atoms with van der Waals surface area (Å²) in [5.41, 5.74) is 4.01. The number of rotatable bonds is 8. The molecule has 152 valence electrons. The molecule has 1 aliphatic carbocycles. The predicted octanol–water partition coefficient (Wildman–Crippen LogP) is 4.40. The zero-order valence-electron chi connectivity index (χ0n) is 16.9. The zero-order chi connectivity index (χ0) is 20.5. The summed E-state index contributed by atoms with van der Waals surface area (Å²) >= 11 is 6.14. The van der Waals surface area contributed by atoms with Gasteiger partial charge >= 0.3 is 0 Å². The average Bonchev–Trinajstić information content (AvgIpc) is 3.49. The SMILES string of the molecule is COc1ccc(CCC(=O)COc2cc(C)c3c(C4CC4)nn(C)c3n2)cc1Cl. The Morgan fingerprint density at radius 1 is 1.31 bits per heavy atom. The monoisotopic (exact) mass is 413 g/mol. The predicted molar refractivity (Wildman–Crippen MR) is 112 cm³/mol. The lowest BCUT2D eigenvalue weighted by atomic mass is 10.1. The van der Waals surface area contributed by atoms with Crippen LogP contribution >= 0.6 is 11.6 Å². The van der Waals surface area contributed by atoms with E-state index in [0.717, 1.165) is 27.9 Å². The van der Waals surface area contributed by atoms with Gasteiger partial charge in [0.25, 0.3) is 0 Å². The maximum Gasteiger partial charge on any atom is 0.215 e. The molecule has 0 saturated heterocycles. The second kappa shape index (κ2) is 8.03. The molecule has 0 atom stereocenters. The van der Waals surface area contributed by atoms with Crippen molar-refractivity contribution in [3.05, 3.63) is 46.1 Å². The van der Waals surface area contributed by atoms with Crippen molar-refractivity contribution in [2.24, 2.45) is 7.05 Å². The minimum Gasteiger partial charge on any atom is -0.495 e. The largest absolute Gasteiger partial charge is 0.495 e. The van der Waals surface area contributed by atoms with Gasteiger partial charge in [0.05, 0.1) is 17.8 Å². The van der Waals surface area contributed by atoms with Gasteiger partial charge in [0.1, 0.15) is 12.4 Å². The van der Waals surface area contributed by atoms with Crippen molar-refractivity contribution in [2.45, 2.75) is 38.5 Å². The number of Topliss-reactive ketones (excluding diaryl/α,β-unsaturated/α-hetero) is 1. The van der Waals surface area contributed by atoms with Crippen LogP contribution in [-0.4, -0.2) is 34.3 Å². The summed E-state index contributed by atoms with van der Waals surface area (Å²) in [5, 5.41) is 6.30. The number of ketones is 1. The van der Waals surface area contributed by atoms with E-state index in [4.69, 9.17) is 21.1 Å². The van der Waals surface area contributed by atoms with Crippen LogP contribution in [0.5, 0.6) is 11.6 Å². The highest BCUT2D eigenvalue weighted by atomic mass is 35.5. The van der Waals surface area contributed by atoms with Gasteiger partial charge in [0, 0.05) is 30.8 Å². The van der Waals surface area contributed by atoms with E-state index in [-0.39, 0.29) is 12.4 Å². The Bertz CT molecular complexity index is 1070. The number of fused-ring (bicyclic) bond motifs is 1. The van der Waals surface area contributed by atoms with E-state index in [1.807, 2.05) is 38.2 Å². The minimum atomic E-state index is -0.00479. The number of carbonyl (C=O) groups is 1. The molecular weight excluding hydrogens is 390 g/mol. The molecule has 0 spiro atoms. The molecule has 2 aromatic heterocycles. The summed E-state index contributed by atoms with van der Waals surface area (Å²) in [5.74, 6) is 1.65. The number of halogens is 1. The summed E-state index contributed by atoms with van der Waals surface area (Å²) in [6.07, 6.45) is 3.36. The van der Waals surface area contributed by atoms with Crippen LogP contribution in [0.25, 0.3) is 11.0 Å². The van der Waals surface area contributed by atoms with Crippen molar-refractivity contribution in [1.82, 2.24) is 14.8 Å². The first-order chi connectivity index (χ1) is 14.0. The zero-order valence-corrected chi connectivity index (χ0v) is 17.6. The molecule has 3 aromatic rings. The Kier molecular flexibility index (Phi) is 5.46. The van der Waals surface area contributed by atoms with Crippen molar-refractivity contribution in [3.63, 3.8) is 0 Å². The van der Waals surface area contributed by atoms with Gasteiger partial charge in [0.2, 0.25) is 5.88 Å². The summed E-state index contributed by atoms with van der Waals surface area (Å²) in [6.45, 7) is 2.04. The van der Waals surface area contributed by atoms with Gasteiger partial charge in [-0.15, -0.1) is 0 Å². The van der Waals surface area contributed by atoms with Gasteiger partial charge in [-0.05, 0) is 49.4 Å². The number of nitrogens with zero attached hydrogens (tertiary/aromatic N) is 3. The first kappa shape index (κ1) is 19.7. The molecule has 0 unspecified atom stereocenters. The molecule has 0 N–H and O–H groups in total. The topological polar surface area (TPSA) is 66.2 Å². The Labute approximate surface area is 174 Å². The van der Waals surface area contributed by atoms with E-state index < -0.39 is 0 Å². The van der Waals surface area contributed by atoms with Gasteiger partial charge in [0.15, 0.2) is 11.4 Å². The fraction of sp³-hybridized carbons (Fsp3) is 0.409. The van der Waals surface area contributed by atoms with Crippen LogP contribution in [0.3, 0.4) is 0 Å². The third-order valence-electron chi connectivity index (χ3n) is 5.25. The molecule has 29 heavy (non-hydrogen) atoms. The molecule has 4 rings (SSSR count). The van der Waals surface area contributed by atoms with Crippen LogP contribution in [0.4, 0.5) is 0 Å². The fourth-order valence-corrected chi connectivity index (χ4v) is 3.81. The lowest BCUT2D eigenvalue weighted by Gasteiger charge is -2.08. The Balaban J connectivity index is 1.38. The number of aryl methyl sites for hydroxylation is 3. The summed E-state index contributed by atoms with van der Waals surface area (Å²) in [4.78, 5) is 16.9. The Morgan fingerprint density at radius 2 is 2.10 bits per heavy atom. The number of carbonyl (C=O) groups excluding carboxylic acids is 1. The number of pyridine rings is 1. The van der Waals surface area contributed by atoms with Crippen LogP contribution in [-0.2, 0) is 18.3 Å². The number of methoxy groups -OCH3 is 1. The molecule has 7 heteroatoms. The standard InChI is InChI=1S/C22H24ClN3O3/c1-13-10-19(24-22-20(13)21(15-6-7-15)25-26(22)2)29-12-16(27)8-4-14-5-9-18(28-3)17(23)11-14/h5,9-11,15H,4,6-8,12H2,1-3H3. The lowest BCUT2D eigenvalue weighted by molar-refractivity contribution is -0.121. The van der Waals surface area contributed by atoms with Crippen molar-refractivity contribution in [1.29, 1.82) is 0 Å². The van der Waals surface area contributed by atoms with E-state index in [0.29, 0.717) is 35.4 Å². The quantitative estimate of drug-likeness (QED) is 0.547. The Hall–Kier alpha value is -2.60. The first-order valence-electron chi connectivity index (χ1n) is 9.77. The van der Waals surface area contributed by atoms with Crippen LogP contribution in [0.2, 0.25) is 5.02 Å². The fourth-order valence-electron chi connectivity index (χ4n) is 3.53. The maximum atomic E-state index is 12.3. The van der Waals surface area contributed by atoms with Gasteiger partial charge in [-0.25, -0.2) is 0 Å². The highest BCUT2D eigenvalue weighted by Crippen LogP contribution is 2.43. The molecule has 1 aliphatic rings. The van der Waals surface area contributed by atoms with Crippen LogP contribution in [0.15, 0.2) is 24.3 Å². The number of aromatic nitrogens is 3. The Morgan fingerprint density at radius 3 is 2.79 bits per heavy atom. The van der Waals surface area contributed by atoms with Crippen molar-refractivity contribution >= 4 is 28.4 Å². The van der Waals surface area contributed by atoms with E-state index in [2.05, 4.69) is 10.1 Å². The smallest absolute Gasteiger partial charge is 0.215 e. The first-order valence-corrected chi connectivity index (χ1v) is 10.1. The molecule has 0 radical (unpaired) electrons. The van der Waals surface area contributed by atoms with Crippen molar-refractivity contribution < 1.29 is 14.3 Å². The average molecular weight is 414 g/mol. The van der Waals surface area contributed by atoms with E-state index in [1.54, 1.807) is 11.8 Å². The van der Waals surface area contributed by atoms with Crippen LogP contribution in [0.1, 0.15) is 42.0 Å². The van der Waals surface area contributed by atoms with Crippen LogP contribution < -0.4 is 9.47 Å². The molecule has 6 nitrogen and oxygen atoms in total. The van der Waals surface area contributed by atoms with Gasteiger partial charge in [-0.2, -0.15) is 10.1 Å². The molecule has 0 bridgehead atoms. The van der Waals surface area contributed by atoms with E-state index in [9.17, 15) is 4.79 Å². The summed E-state index contributed by atoms with van der Waals surface area (Å²) < 4.78 is 12.6. The molecule has 1 fully saturated rings. The molecule has 2 heterocycles. The van der Waals surface area contributed by atoms with Gasteiger partial charge < -0.3 is 9.47 Å². The number of hydrogen-bond acceptors (Lipinski definition) is 5. The van der Waals surface area contributed by atoms with Crippen molar-refractivity contribution in [3.8, 4) is 11.6 Å². The lowest BCUT2D eigenvalue weighted by Crippen LogP contribution is -2.13. The van der Waals surface area contributed by atoms with E-state index >= 15 is 0 Å². The van der Waals surface area contributed by atoms with Gasteiger partial charge in [-0.1, -0.05) is 17.7 Å². The second-order valence-corrected chi connectivity index (χ2v) is 7.96. The number of ether oxygens (including phenoxy) is 2. The highest BCUT2D eigenvalue weighted by molar-refractivity contribution is 6.32. The summed E-state index contributed by atoms with van der Waals surface area (Å²) in [6, 6.07) is 7.45. The number of hydrogen-bond donors (Lipinski definition) is 0. The van der Waals surface area contributed by atoms with Gasteiger partial charge in [-0.3, -0.25) is 9.48 Å². The highest BCUT2D eigenvalue weighted by Gasteiger charge is 2.30. The minimum absolute atomic E-state index is 0.00479. The molecular formula is C22H24ClN3O3. The second-order valence-electron chi connectivity index (χ2n) is 7.56. The molecule has 0 aliphatic heterocycles. The van der Waals surface area contributed by atoms with Crippen molar-refractivity contribution in [2.75, 3.05) is 13.7 Å². The maximum absolute atomic E-state index is 12.3.